The van der Waals surface area contributed by atoms with Crippen LogP contribution < -0.4 is 11.0 Å². The van der Waals surface area contributed by atoms with Crippen LogP contribution in [0, 0.1) is 50.7 Å². The predicted octanol–water partition coefficient (Wildman–Crippen LogP) is 19.5. The van der Waals surface area contributed by atoms with E-state index in [1.54, 1.807) is 0 Å². The molecule has 2 saturated carbocycles. The molecule has 1 N–H and O–H groups in total. The van der Waals surface area contributed by atoms with Gasteiger partial charge >= 0.3 is 0 Å². The Kier molecular flexibility index (Phi) is 17.9. The predicted molar refractivity (Wildman–Crippen MR) is 326 cm³/mol. The van der Waals surface area contributed by atoms with Gasteiger partial charge in [-0.2, -0.15) is 0 Å². The summed E-state index contributed by atoms with van der Waals surface area (Å²) in [6, 6.07) is 7.13. The summed E-state index contributed by atoms with van der Waals surface area (Å²) in [4.78, 5) is 2.48. The van der Waals surface area contributed by atoms with Crippen molar-refractivity contribution in [3.8, 4) is 0 Å². The van der Waals surface area contributed by atoms with Crippen molar-refractivity contribution in [1.82, 2.24) is 10.2 Å². The average Bonchev–Trinajstić information content (AvgIpc) is 3.72. The fraction of sp³-hybridized carbons (Fsp3) is 0.600. The second-order valence-electron chi connectivity index (χ2n) is 29.4. The van der Waals surface area contributed by atoms with E-state index in [-0.39, 0.29) is 43.8 Å². The number of nitrogens with one attached hydrogen (secondary N) is 1. The van der Waals surface area contributed by atoms with Crippen molar-refractivity contribution in [2.45, 2.75) is 213 Å². The van der Waals surface area contributed by atoms with Crippen LogP contribution in [0.25, 0.3) is 11.0 Å². The van der Waals surface area contributed by atoms with Crippen LogP contribution in [0.15, 0.2) is 142 Å². The van der Waals surface area contributed by atoms with E-state index in [1.165, 1.54) is 88.6 Å². The Morgan fingerprint density at radius 3 is 2.07 bits per heavy atom. The second-order valence-corrected chi connectivity index (χ2v) is 29.4. The second kappa shape index (κ2) is 22.4. The molecule has 7 rings (SSSR count). The zero-order chi connectivity index (χ0) is 55.0. The van der Waals surface area contributed by atoms with Gasteiger partial charge in [0.05, 0.1) is 5.66 Å². The quantitative estimate of drug-likeness (QED) is 0.0814. The van der Waals surface area contributed by atoms with Crippen molar-refractivity contribution >= 4 is 23.9 Å². The van der Waals surface area contributed by atoms with Crippen LogP contribution in [0.3, 0.4) is 0 Å². The van der Waals surface area contributed by atoms with Gasteiger partial charge in [0.25, 0.3) is 0 Å². The van der Waals surface area contributed by atoms with E-state index < -0.39 is 0 Å². The molecule has 1 radical (unpaired) electrons. The normalized spacial score (nSPS) is 24.8. The lowest BCUT2D eigenvalue weighted by Crippen LogP contribution is -2.44. The fourth-order valence-electron chi connectivity index (χ4n) is 12.1. The molecule has 5 aliphatic carbocycles. The minimum atomic E-state index is -0.0859. The number of benzene rings is 1. The Morgan fingerprint density at radius 2 is 1.49 bits per heavy atom. The van der Waals surface area contributed by atoms with Crippen molar-refractivity contribution in [3.05, 3.63) is 149 Å². The molecule has 1 aromatic carbocycles. The molecule has 0 amide bonds. The first-order valence-electron chi connectivity index (χ1n) is 29.1. The number of allylic oxidation sites excluding steroid dienone is 11. The molecule has 3 atom stereocenters. The highest BCUT2D eigenvalue weighted by Gasteiger charge is 2.48. The molecule has 2 fully saturated rings. The lowest BCUT2D eigenvalue weighted by molar-refractivity contribution is 0.0923. The maximum Gasteiger partial charge on any atom is 0.233 e. The molecular formula is C70H104BN2O. The Morgan fingerprint density at radius 1 is 0.851 bits per heavy atom. The molecule has 2 aromatic rings. The van der Waals surface area contributed by atoms with E-state index >= 15 is 0 Å². The van der Waals surface area contributed by atoms with E-state index in [2.05, 4.69) is 229 Å². The van der Waals surface area contributed by atoms with E-state index in [4.69, 9.17) is 17.6 Å². The van der Waals surface area contributed by atoms with Crippen LogP contribution >= 0.6 is 0 Å². The summed E-state index contributed by atoms with van der Waals surface area (Å²) < 4.78 is 6.90. The third kappa shape index (κ3) is 14.0. The molecule has 0 saturated heterocycles. The number of fused-ring (bicyclic) bond motifs is 4. The first-order valence-corrected chi connectivity index (χ1v) is 29.1. The molecule has 4 heteroatoms. The highest BCUT2D eigenvalue weighted by Crippen LogP contribution is 2.57. The Labute approximate surface area is 455 Å². The molecule has 1 heterocycles. The van der Waals surface area contributed by atoms with Crippen LogP contribution in [0.1, 0.15) is 213 Å². The molecule has 2 bridgehead atoms. The van der Waals surface area contributed by atoms with Gasteiger partial charge in [0, 0.05) is 35.2 Å². The van der Waals surface area contributed by atoms with Crippen LogP contribution in [0.5, 0.6) is 0 Å². The number of hydrogen-bond donors (Lipinski definition) is 1. The largest absolute Gasteiger partial charge is 0.472 e. The fourth-order valence-corrected chi connectivity index (χ4v) is 12.1. The lowest BCUT2D eigenvalue weighted by Gasteiger charge is -2.52. The van der Waals surface area contributed by atoms with Crippen molar-refractivity contribution < 1.29 is 4.42 Å². The number of nitrogens with zero attached hydrogens (tertiary/aromatic N) is 1. The van der Waals surface area contributed by atoms with Crippen LogP contribution in [0.4, 0.5) is 0 Å². The average molecular weight is 1000 g/mol. The molecule has 1 aromatic heterocycles. The molecular weight excluding hydrogens is 896 g/mol. The first kappa shape index (κ1) is 59.1. The maximum absolute atomic E-state index is 6.90. The molecule has 74 heavy (non-hydrogen) atoms. The summed E-state index contributed by atoms with van der Waals surface area (Å²) in [7, 11) is 2.22. The first-order chi connectivity index (χ1) is 34.2. The number of furan rings is 1. The summed E-state index contributed by atoms with van der Waals surface area (Å²) >= 11 is 0. The maximum atomic E-state index is 6.90. The van der Waals surface area contributed by atoms with Gasteiger partial charge in [-0.1, -0.05) is 181 Å². The smallest absolute Gasteiger partial charge is 0.233 e. The topological polar surface area (TPSA) is 28.4 Å². The lowest BCUT2D eigenvalue weighted by atomic mass is 9.52. The Balaban J connectivity index is 1.58. The van der Waals surface area contributed by atoms with E-state index in [0.29, 0.717) is 24.3 Å². The van der Waals surface area contributed by atoms with Gasteiger partial charge in [-0.15, -0.1) is 0 Å². The highest BCUT2D eigenvalue weighted by atomic mass is 16.3. The molecule has 3 nitrogen and oxygen atoms in total. The standard InChI is InChI=1S/C70H104BN2O/c1-23-67(17,18)51(7)56(47(2)3)43-54(46-71-63-41-52-40-59-60(44-62(52)74-63)70(22)36-34-69(59,21)35-37-70)73(39-25-38-72-53-29-30-55-49(5)31-33-68(19,20)58(55)42-53)61(26-24-32-64(8,9)10)57(45-65(11,12)13)48(4)27-28-50(6)66(14,15)16/h24-26,29-30,39-44,46-47,49,55,58,72H,4,6-7,23,27-28,31-38,45H2,1-3,5,8-22H3/b26-24-,39-25+,54-46-,56-43-,61-57-. The summed E-state index contributed by atoms with van der Waals surface area (Å²) in [6.45, 7) is 60.0. The van der Waals surface area contributed by atoms with Gasteiger partial charge in [0.15, 0.2) is 0 Å². The minimum Gasteiger partial charge on any atom is -0.472 e. The van der Waals surface area contributed by atoms with Crippen molar-refractivity contribution in [3.63, 3.8) is 0 Å². The minimum absolute atomic E-state index is 0.0170. The van der Waals surface area contributed by atoms with Crippen LogP contribution in [0.2, 0.25) is 0 Å². The number of hydrogen-bond acceptors (Lipinski definition) is 3. The summed E-state index contributed by atoms with van der Waals surface area (Å²) in [5.74, 6) is 4.36. The summed E-state index contributed by atoms with van der Waals surface area (Å²) in [6.07, 6.45) is 31.4. The summed E-state index contributed by atoms with van der Waals surface area (Å²) in [5.41, 5.74) is 15.2. The van der Waals surface area contributed by atoms with Crippen molar-refractivity contribution in [2.75, 3.05) is 6.54 Å². The van der Waals surface area contributed by atoms with Gasteiger partial charge in [0.1, 0.15) is 5.58 Å². The zero-order valence-corrected chi connectivity index (χ0v) is 50.8. The van der Waals surface area contributed by atoms with Gasteiger partial charge in [-0.25, -0.2) is 0 Å². The number of rotatable bonds is 20. The Hall–Kier alpha value is -4.18. The molecule has 0 spiro atoms. The Bertz CT molecular complexity index is 2550. The van der Waals surface area contributed by atoms with Gasteiger partial charge in [-0.05, 0) is 208 Å². The van der Waals surface area contributed by atoms with E-state index in [0.717, 1.165) is 54.7 Å². The van der Waals surface area contributed by atoms with Gasteiger partial charge < -0.3 is 14.6 Å². The third-order valence-corrected chi connectivity index (χ3v) is 18.4. The van der Waals surface area contributed by atoms with Crippen molar-refractivity contribution in [2.24, 2.45) is 50.7 Å². The monoisotopic (exact) mass is 1000 g/mol. The van der Waals surface area contributed by atoms with Crippen LogP contribution in [-0.4, -0.2) is 18.7 Å². The molecule has 403 valence electrons. The van der Waals surface area contributed by atoms with Gasteiger partial charge in [-0.3, -0.25) is 0 Å². The van der Waals surface area contributed by atoms with Crippen molar-refractivity contribution in [1.29, 1.82) is 0 Å². The zero-order valence-electron chi connectivity index (χ0n) is 50.8. The van der Waals surface area contributed by atoms with Crippen LogP contribution in [-0.2, 0) is 10.8 Å². The summed E-state index contributed by atoms with van der Waals surface area (Å²) in [5, 5.41) is 5.08. The molecule has 3 unspecified atom stereocenters. The SMILES string of the molecule is C=C(CCC(=C)C(C)(C)C)/C(CC(C)(C)C)=C(/C=C\CC(C)(C)C)N(/C=C/CNC1=CC2C(C=C1)C(C)CCC2(C)C)C(/C=C(\C(=C)C(C)(C)CC)C(C)C)=C\[B]c1cc2cc3c(cc2o1)C1(C)CCC3(C)CC1. The highest BCUT2D eigenvalue weighted by molar-refractivity contribution is 6.57. The van der Waals surface area contributed by atoms with Gasteiger partial charge in [0.2, 0.25) is 7.28 Å². The van der Waals surface area contributed by atoms with E-state index in [9.17, 15) is 0 Å². The third-order valence-electron chi connectivity index (χ3n) is 18.4. The molecule has 0 aliphatic heterocycles. The molecule has 5 aliphatic rings. The van der Waals surface area contributed by atoms with E-state index in [1.807, 2.05) is 0 Å².